The number of carbonyl (C=O) groups is 1. The first-order chi connectivity index (χ1) is 7.33. The maximum atomic E-state index is 11.3. The minimum Gasteiger partial charge on any atom is -0.396 e. The van der Waals surface area contributed by atoms with Crippen molar-refractivity contribution in [1.82, 2.24) is 10.6 Å². The zero-order valence-corrected chi connectivity index (χ0v) is 9.30. The quantitative estimate of drug-likeness (QED) is 0.561. The molecule has 4 heteroatoms. The minimum atomic E-state index is 0.107. The van der Waals surface area contributed by atoms with Crippen LogP contribution in [0.3, 0.4) is 0 Å². The monoisotopic (exact) mass is 214 g/mol. The molecule has 1 aliphatic heterocycles. The molecule has 3 N–H and O–H groups in total. The third-order valence-corrected chi connectivity index (χ3v) is 2.79. The Balaban J connectivity index is 2.00. The van der Waals surface area contributed by atoms with Gasteiger partial charge in [0.1, 0.15) is 0 Å². The van der Waals surface area contributed by atoms with Gasteiger partial charge in [0.2, 0.25) is 5.91 Å². The highest BCUT2D eigenvalue weighted by Gasteiger charge is 2.13. The summed E-state index contributed by atoms with van der Waals surface area (Å²) in [5, 5.41) is 14.8. The normalized spacial score (nSPS) is 21.3. The Morgan fingerprint density at radius 3 is 3.00 bits per heavy atom. The van der Waals surface area contributed by atoms with Gasteiger partial charge in [0.05, 0.1) is 0 Å². The van der Waals surface area contributed by atoms with Crippen LogP contribution in [0.1, 0.15) is 38.5 Å². The van der Waals surface area contributed by atoms with Crippen LogP contribution in [0.4, 0.5) is 0 Å². The van der Waals surface area contributed by atoms with E-state index in [1.807, 2.05) is 0 Å². The molecule has 1 unspecified atom stereocenters. The predicted octanol–water partition coefficient (Wildman–Crippen LogP) is 0.407. The smallest absolute Gasteiger partial charge is 0.220 e. The molecular formula is C11H22N2O2. The summed E-state index contributed by atoms with van der Waals surface area (Å²) in [6, 6.07) is 0.530. The van der Waals surface area contributed by atoms with Crippen LogP contribution in [0.5, 0.6) is 0 Å². The summed E-state index contributed by atoms with van der Waals surface area (Å²) < 4.78 is 0. The fraction of sp³-hybridized carbons (Fsp3) is 0.909. The molecule has 4 nitrogen and oxygen atoms in total. The molecule has 1 saturated heterocycles. The van der Waals surface area contributed by atoms with Gasteiger partial charge in [-0.3, -0.25) is 4.79 Å². The lowest BCUT2D eigenvalue weighted by Gasteiger charge is -2.22. The lowest BCUT2D eigenvalue weighted by Crippen LogP contribution is -2.35. The Bertz CT molecular complexity index is 179. The number of hydrogen-bond donors (Lipinski definition) is 3. The molecule has 0 aromatic heterocycles. The second kappa shape index (κ2) is 7.65. The summed E-state index contributed by atoms with van der Waals surface area (Å²) in [5.74, 6) is 0.107. The van der Waals surface area contributed by atoms with E-state index in [4.69, 9.17) is 5.11 Å². The molecule has 0 bridgehead atoms. The summed E-state index contributed by atoms with van der Waals surface area (Å²) in [6.07, 6.45) is 5.92. The Labute approximate surface area is 91.4 Å². The van der Waals surface area contributed by atoms with Crippen molar-refractivity contribution in [1.29, 1.82) is 0 Å². The summed E-state index contributed by atoms with van der Waals surface area (Å²) in [5.41, 5.74) is 0. The molecule has 1 rings (SSSR count). The van der Waals surface area contributed by atoms with Crippen molar-refractivity contribution < 1.29 is 9.90 Å². The highest BCUT2D eigenvalue weighted by atomic mass is 16.3. The van der Waals surface area contributed by atoms with Crippen LogP contribution in [0.2, 0.25) is 0 Å². The molecule has 0 aromatic carbocycles. The van der Waals surface area contributed by atoms with Crippen molar-refractivity contribution in [3.05, 3.63) is 0 Å². The topological polar surface area (TPSA) is 61.4 Å². The van der Waals surface area contributed by atoms with E-state index >= 15 is 0 Å². The van der Waals surface area contributed by atoms with Crippen LogP contribution in [0, 0.1) is 0 Å². The average Bonchev–Trinajstić information content (AvgIpc) is 2.28. The minimum absolute atomic E-state index is 0.107. The van der Waals surface area contributed by atoms with Gasteiger partial charge in [-0.05, 0) is 32.2 Å². The van der Waals surface area contributed by atoms with Gasteiger partial charge in [-0.25, -0.2) is 0 Å². The largest absolute Gasteiger partial charge is 0.396 e. The number of rotatable bonds is 6. The van der Waals surface area contributed by atoms with Gasteiger partial charge < -0.3 is 15.7 Å². The first-order valence-corrected chi connectivity index (χ1v) is 5.94. The van der Waals surface area contributed by atoms with Crippen molar-refractivity contribution in [2.75, 3.05) is 19.7 Å². The SMILES string of the molecule is O=C(CCC1CCCCN1)NCCCO. The van der Waals surface area contributed by atoms with E-state index in [9.17, 15) is 4.79 Å². The predicted molar refractivity (Wildman–Crippen MR) is 59.6 cm³/mol. The van der Waals surface area contributed by atoms with Crippen LogP contribution >= 0.6 is 0 Å². The van der Waals surface area contributed by atoms with Gasteiger partial charge in [0.25, 0.3) is 0 Å². The number of nitrogens with one attached hydrogen (secondary N) is 2. The molecule has 1 heterocycles. The molecule has 1 amide bonds. The molecule has 15 heavy (non-hydrogen) atoms. The van der Waals surface area contributed by atoms with Crippen molar-refractivity contribution in [2.24, 2.45) is 0 Å². The second-order valence-corrected chi connectivity index (χ2v) is 4.11. The number of piperidine rings is 1. The first-order valence-electron chi connectivity index (χ1n) is 5.94. The molecular weight excluding hydrogens is 192 g/mol. The molecule has 0 aromatic rings. The van der Waals surface area contributed by atoms with Crippen molar-refractivity contribution in [2.45, 2.75) is 44.6 Å². The molecule has 0 aliphatic carbocycles. The Morgan fingerprint density at radius 1 is 1.47 bits per heavy atom. The molecule has 1 fully saturated rings. The van der Waals surface area contributed by atoms with Gasteiger partial charge in [0, 0.05) is 25.6 Å². The molecule has 0 spiro atoms. The molecule has 0 saturated carbocycles. The molecule has 88 valence electrons. The van der Waals surface area contributed by atoms with E-state index in [2.05, 4.69) is 10.6 Å². The molecule has 0 radical (unpaired) electrons. The third-order valence-electron chi connectivity index (χ3n) is 2.79. The average molecular weight is 214 g/mol. The highest BCUT2D eigenvalue weighted by Crippen LogP contribution is 2.11. The van der Waals surface area contributed by atoms with E-state index in [0.717, 1.165) is 13.0 Å². The number of hydrogen-bond acceptors (Lipinski definition) is 3. The highest BCUT2D eigenvalue weighted by molar-refractivity contribution is 5.75. The van der Waals surface area contributed by atoms with E-state index in [1.54, 1.807) is 0 Å². The number of aliphatic hydroxyl groups excluding tert-OH is 1. The van der Waals surface area contributed by atoms with Crippen LogP contribution < -0.4 is 10.6 Å². The number of carbonyl (C=O) groups excluding carboxylic acids is 1. The van der Waals surface area contributed by atoms with Crippen molar-refractivity contribution in [3.8, 4) is 0 Å². The van der Waals surface area contributed by atoms with Crippen LogP contribution in [0.25, 0.3) is 0 Å². The number of amides is 1. The van der Waals surface area contributed by atoms with Gasteiger partial charge in [-0.2, -0.15) is 0 Å². The molecule has 1 aliphatic rings. The van der Waals surface area contributed by atoms with Crippen LogP contribution in [-0.2, 0) is 4.79 Å². The first kappa shape index (κ1) is 12.5. The standard InChI is InChI=1S/C11H22N2O2/c14-9-3-8-13-11(15)6-5-10-4-1-2-7-12-10/h10,12,14H,1-9H2,(H,13,15). The Kier molecular flexibility index (Phi) is 6.36. The Hall–Kier alpha value is -0.610. The van der Waals surface area contributed by atoms with E-state index in [0.29, 0.717) is 25.4 Å². The lowest BCUT2D eigenvalue weighted by atomic mass is 10.0. The van der Waals surface area contributed by atoms with Crippen LogP contribution in [-0.4, -0.2) is 36.8 Å². The molecule has 1 atom stereocenters. The van der Waals surface area contributed by atoms with Crippen LogP contribution in [0.15, 0.2) is 0 Å². The van der Waals surface area contributed by atoms with Crippen molar-refractivity contribution in [3.63, 3.8) is 0 Å². The van der Waals surface area contributed by atoms with E-state index in [-0.39, 0.29) is 12.5 Å². The maximum Gasteiger partial charge on any atom is 0.220 e. The fourth-order valence-corrected chi connectivity index (χ4v) is 1.87. The third kappa shape index (κ3) is 5.74. The van der Waals surface area contributed by atoms with Gasteiger partial charge >= 0.3 is 0 Å². The summed E-state index contributed by atoms with van der Waals surface area (Å²) in [4.78, 5) is 11.3. The van der Waals surface area contributed by atoms with E-state index in [1.165, 1.54) is 19.3 Å². The summed E-state index contributed by atoms with van der Waals surface area (Å²) in [7, 11) is 0. The summed E-state index contributed by atoms with van der Waals surface area (Å²) >= 11 is 0. The lowest BCUT2D eigenvalue weighted by molar-refractivity contribution is -0.121. The maximum absolute atomic E-state index is 11.3. The summed E-state index contributed by atoms with van der Waals surface area (Å²) in [6.45, 7) is 1.83. The van der Waals surface area contributed by atoms with Gasteiger partial charge in [0.15, 0.2) is 0 Å². The number of aliphatic hydroxyl groups is 1. The van der Waals surface area contributed by atoms with E-state index < -0.39 is 0 Å². The van der Waals surface area contributed by atoms with Gasteiger partial charge in [-0.1, -0.05) is 6.42 Å². The van der Waals surface area contributed by atoms with Crippen molar-refractivity contribution >= 4 is 5.91 Å². The van der Waals surface area contributed by atoms with Gasteiger partial charge in [-0.15, -0.1) is 0 Å². The second-order valence-electron chi connectivity index (χ2n) is 4.11. The zero-order chi connectivity index (χ0) is 10.9. The zero-order valence-electron chi connectivity index (χ0n) is 9.30. The Morgan fingerprint density at radius 2 is 2.33 bits per heavy atom. The fourth-order valence-electron chi connectivity index (χ4n) is 1.87.